The van der Waals surface area contributed by atoms with Crippen molar-refractivity contribution in [2.45, 2.75) is 6.54 Å². The molecule has 3 rings (SSSR count). The summed E-state index contributed by atoms with van der Waals surface area (Å²) in [4.78, 5) is 25.8. The van der Waals surface area contributed by atoms with E-state index in [0.29, 0.717) is 5.56 Å². The first-order valence-corrected chi connectivity index (χ1v) is 8.27. The van der Waals surface area contributed by atoms with Gasteiger partial charge in [-0.2, -0.15) is 0 Å². The molecule has 1 heterocycles. The van der Waals surface area contributed by atoms with Gasteiger partial charge in [0.2, 0.25) is 0 Å². The highest BCUT2D eigenvalue weighted by molar-refractivity contribution is 5.96. The van der Waals surface area contributed by atoms with Gasteiger partial charge in [-0.15, -0.1) is 0 Å². The quantitative estimate of drug-likeness (QED) is 0.480. The van der Waals surface area contributed by atoms with Gasteiger partial charge in [0.15, 0.2) is 0 Å². The molecule has 0 saturated carbocycles. The molecule has 7 nitrogen and oxygen atoms in total. The molecule has 0 atom stereocenters. The van der Waals surface area contributed by atoms with Crippen molar-refractivity contribution in [3.8, 4) is 5.75 Å². The highest BCUT2D eigenvalue weighted by Gasteiger charge is 2.17. The number of benzene rings is 2. The van der Waals surface area contributed by atoms with Crippen LogP contribution in [0.1, 0.15) is 26.3 Å². The number of carbonyl (C=O) groups excluding carboxylic acids is 1. The average Bonchev–Trinajstić information content (AvgIpc) is 2.64. The Morgan fingerprint density at radius 2 is 1.81 bits per heavy atom. The maximum absolute atomic E-state index is 12.3. The van der Waals surface area contributed by atoms with Gasteiger partial charge >= 0.3 is 11.9 Å². The standard InChI is InChI=1S/C19H20N2O5/c20-15-5-6-17(16(11-15)18(22)23)26-19(24)14-3-1-13(2-4-14)12-21-7-9-25-10-8-21/h1-6,11H,7-10,12,20H2,(H,22,23). The molecule has 0 radical (unpaired) electrons. The van der Waals surface area contributed by atoms with E-state index in [0.717, 1.165) is 38.4 Å². The Hall–Kier alpha value is -2.90. The van der Waals surface area contributed by atoms with Crippen LogP contribution < -0.4 is 10.5 Å². The molecule has 7 heteroatoms. The van der Waals surface area contributed by atoms with Crippen LogP contribution in [0.2, 0.25) is 0 Å². The van der Waals surface area contributed by atoms with Crippen molar-refractivity contribution in [1.82, 2.24) is 4.90 Å². The average molecular weight is 356 g/mol. The molecule has 2 aromatic rings. The predicted molar refractivity (Wildman–Crippen MR) is 95.3 cm³/mol. The molecular weight excluding hydrogens is 336 g/mol. The topological polar surface area (TPSA) is 102 Å². The molecule has 1 aliphatic heterocycles. The molecule has 0 aliphatic carbocycles. The van der Waals surface area contributed by atoms with Crippen molar-refractivity contribution in [1.29, 1.82) is 0 Å². The van der Waals surface area contributed by atoms with Gasteiger partial charge in [-0.3, -0.25) is 4.90 Å². The maximum Gasteiger partial charge on any atom is 0.343 e. The van der Waals surface area contributed by atoms with Crippen LogP contribution >= 0.6 is 0 Å². The first kappa shape index (κ1) is 17.9. The lowest BCUT2D eigenvalue weighted by molar-refractivity contribution is 0.0342. The number of anilines is 1. The minimum Gasteiger partial charge on any atom is -0.478 e. The van der Waals surface area contributed by atoms with Gasteiger partial charge in [0.05, 0.1) is 18.8 Å². The molecule has 1 aliphatic rings. The molecule has 0 spiro atoms. The van der Waals surface area contributed by atoms with Gasteiger partial charge in [0, 0.05) is 25.3 Å². The monoisotopic (exact) mass is 356 g/mol. The Labute approximate surface area is 150 Å². The molecule has 1 saturated heterocycles. The van der Waals surface area contributed by atoms with E-state index in [-0.39, 0.29) is 17.0 Å². The highest BCUT2D eigenvalue weighted by atomic mass is 16.5. The van der Waals surface area contributed by atoms with Gasteiger partial charge in [-0.1, -0.05) is 12.1 Å². The van der Waals surface area contributed by atoms with Crippen molar-refractivity contribution >= 4 is 17.6 Å². The van der Waals surface area contributed by atoms with E-state index in [4.69, 9.17) is 15.2 Å². The molecule has 1 fully saturated rings. The lowest BCUT2D eigenvalue weighted by Crippen LogP contribution is -2.35. The third kappa shape index (κ3) is 4.38. The van der Waals surface area contributed by atoms with Crippen molar-refractivity contribution in [3.05, 3.63) is 59.2 Å². The predicted octanol–water partition coefficient (Wildman–Crippen LogP) is 2.02. The van der Waals surface area contributed by atoms with Gasteiger partial charge in [0.25, 0.3) is 0 Å². The zero-order chi connectivity index (χ0) is 18.5. The van der Waals surface area contributed by atoms with E-state index in [1.54, 1.807) is 12.1 Å². The fourth-order valence-corrected chi connectivity index (χ4v) is 2.73. The summed E-state index contributed by atoms with van der Waals surface area (Å²) in [7, 11) is 0. The summed E-state index contributed by atoms with van der Waals surface area (Å²) in [5, 5.41) is 9.21. The molecule has 136 valence electrons. The number of hydrogen-bond acceptors (Lipinski definition) is 6. The van der Waals surface area contributed by atoms with Crippen LogP contribution in [0.25, 0.3) is 0 Å². The fourth-order valence-electron chi connectivity index (χ4n) is 2.73. The summed E-state index contributed by atoms with van der Waals surface area (Å²) in [6.45, 7) is 4.04. The first-order valence-electron chi connectivity index (χ1n) is 8.27. The number of carboxylic acid groups (broad SMARTS) is 1. The van der Waals surface area contributed by atoms with Crippen LogP contribution in [0.3, 0.4) is 0 Å². The molecular formula is C19H20N2O5. The Balaban J connectivity index is 1.67. The Bertz CT molecular complexity index is 798. The second-order valence-corrected chi connectivity index (χ2v) is 6.04. The second kappa shape index (κ2) is 7.99. The number of nitrogens with zero attached hydrogens (tertiary/aromatic N) is 1. The first-order chi connectivity index (χ1) is 12.5. The van der Waals surface area contributed by atoms with Gasteiger partial charge in [-0.25, -0.2) is 9.59 Å². The summed E-state index contributed by atoms with van der Waals surface area (Å²) in [5.41, 5.74) is 7.16. The van der Waals surface area contributed by atoms with Crippen LogP contribution in [-0.2, 0) is 11.3 Å². The fraction of sp³-hybridized carbons (Fsp3) is 0.263. The molecule has 0 amide bonds. The lowest BCUT2D eigenvalue weighted by Gasteiger charge is -2.26. The Morgan fingerprint density at radius 3 is 2.46 bits per heavy atom. The summed E-state index contributed by atoms with van der Waals surface area (Å²) in [5.74, 6) is -1.86. The van der Waals surface area contributed by atoms with Gasteiger partial charge < -0.3 is 20.3 Å². The van der Waals surface area contributed by atoms with Crippen LogP contribution in [0, 0.1) is 0 Å². The second-order valence-electron chi connectivity index (χ2n) is 6.04. The van der Waals surface area contributed by atoms with E-state index in [2.05, 4.69) is 4.90 Å². The Kier molecular flexibility index (Phi) is 5.50. The van der Waals surface area contributed by atoms with Gasteiger partial charge in [-0.05, 0) is 35.9 Å². The van der Waals surface area contributed by atoms with Crippen LogP contribution in [-0.4, -0.2) is 48.2 Å². The molecule has 0 unspecified atom stereocenters. The minimum absolute atomic E-state index is 0.0332. The molecule has 0 bridgehead atoms. The zero-order valence-electron chi connectivity index (χ0n) is 14.2. The van der Waals surface area contributed by atoms with Crippen LogP contribution in [0.5, 0.6) is 5.75 Å². The van der Waals surface area contributed by atoms with E-state index in [1.807, 2.05) is 12.1 Å². The summed E-state index contributed by atoms with van der Waals surface area (Å²) >= 11 is 0. The maximum atomic E-state index is 12.3. The van der Waals surface area contributed by atoms with Crippen molar-refractivity contribution in [3.63, 3.8) is 0 Å². The van der Waals surface area contributed by atoms with Crippen molar-refractivity contribution < 1.29 is 24.2 Å². The van der Waals surface area contributed by atoms with Crippen molar-refractivity contribution in [2.75, 3.05) is 32.0 Å². The summed E-state index contributed by atoms with van der Waals surface area (Å²) in [6, 6.07) is 11.2. The number of carbonyl (C=O) groups is 2. The van der Waals surface area contributed by atoms with E-state index >= 15 is 0 Å². The number of hydrogen-bond donors (Lipinski definition) is 2. The van der Waals surface area contributed by atoms with E-state index < -0.39 is 11.9 Å². The molecule has 3 N–H and O–H groups in total. The smallest absolute Gasteiger partial charge is 0.343 e. The number of ether oxygens (including phenoxy) is 2. The zero-order valence-corrected chi connectivity index (χ0v) is 14.2. The number of morpholine rings is 1. The molecule has 2 aromatic carbocycles. The largest absolute Gasteiger partial charge is 0.478 e. The lowest BCUT2D eigenvalue weighted by atomic mass is 10.1. The van der Waals surface area contributed by atoms with Crippen LogP contribution in [0.15, 0.2) is 42.5 Å². The third-order valence-corrected chi connectivity index (χ3v) is 4.14. The summed E-state index contributed by atoms with van der Waals surface area (Å²) in [6.07, 6.45) is 0. The molecule has 0 aromatic heterocycles. The van der Waals surface area contributed by atoms with E-state index in [9.17, 15) is 14.7 Å². The number of nitrogen functional groups attached to an aromatic ring is 1. The van der Waals surface area contributed by atoms with Crippen molar-refractivity contribution in [2.24, 2.45) is 0 Å². The Morgan fingerprint density at radius 1 is 1.12 bits per heavy atom. The number of carboxylic acids is 1. The highest BCUT2D eigenvalue weighted by Crippen LogP contribution is 2.22. The van der Waals surface area contributed by atoms with E-state index in [1.165, 1.54) is 18.2 Å². The normalized spacial score (nSPS) is 14.8. The van der Waals surface area contributed by atoms with Crippen LogP contribution in [0.4, 0.5) is 5.69 Å². The number of esters is 1. The summed E-state index contributed by atoms with van der Waals surface area (Å²) < 4.78 is 10.6. The number of rotatable bonds is 5. The molecule has 26 heavy (non-hydrogen) atoms. The SMILES string of the molecule is Nc1ccc(OC(=O)c2ccc(CN3CCOCC3)cc2)c(C(=O)O)c1. The minimum atomic E-state index is -1.21. The third-order valence-electron chi connectivity index (χ3n) is 4.14. The van der Waals surface area contributed by atoms with Gasteiger partial charge in [0.1, 0.15) is 11.3 Å². The number of nitrogens with two attached hydrogens (primary N) is 1. The number of aromatic carboxylic acids is 1.